The van der Waals surface area contributed by atoms with Crippen LogP contribution in [0.25, 0.3) is 0 Å². The maximum Gasteiger partial charge on any atom is 0.119 e. The molecule has 94 valence electrons. The number of ether oxygens (including phenoxy) is 1. The van der Waals surface area contributed by atoms with E-state index in [1.807, 2.05) is 43.3 Å². The molecule has 1 N–H and O–H groups in total. The first kappa shape index (κ1) is 12.9. The van der Waals surface area contributed by atoms with E-state index in [0.717, 1.165) is 21.6 Å². The molecular formula is C14H15BrN2O. The lowest BCUT2D eigenvalue weighted by Gasteiger charge is -2.07. The van der Waals surface area contributed by atoms with Gasteiger partial charge in [0.2, 0.25) is 0 Å². The number of benzene rings is 1. The monoisotopic (exact) mass is 306 g/mol. The highest BCUT2D eigenvalue weighted by Gasteiger charge is 1.97. The lowest BCUT2D eigenvalue weighted by Crippen LogP contribution is -2.01. The molecular weight excluding hydrogens is 292 g/mol. The third kappa shape index (κ3) is 3.74. The maximum absolute atomic E-state index is 5.39. The molecule has 0 saturated carbocycles. The Labute approximate surface area is 115 Å². The largest absolute Gasteiger partial charge is 0.494 e. The zero-order valence-electron chi connectivity index (χ0n) is 10.2. The molecule has 2 rings (SSSR count). The molecule has 1 aromatic heterocycles. The molecule has 18 heavy (non-hydrogen) atoms. The molecule has 1 heterocycles. The number of hydrogen-bond donors (Lipinski definition) is 1. The maximum atomic E-state index is 5.39. The van der Waals surface area contributed by atoms with Gasteiger partial charge in [0.1, 0.15) is 5.75 Å². The Morgan fingerprint density at radius 2 is 1.94 bits per heavy atom. The van der Waals surface area contributed by atoms with Crippen molar-refractivity contribution in [1.82, 2.24) is 4.98 Å². The number of aromatic nitrogens is 1. The van der Waals surface area contributed by atoms with E-state index in [2.05, 4.69) is 26.2 Å². The molecule has 0 saturated heterocycles. The average molecular weight is 307 g/mol. The summed E-state index contributed by atoms with van der Waals surface area (Å²) in [5, 5.41) is 3.32. The fraction of sp³-hybridized carbons (Fsp3) is 0.214. The summed E-state index contributed by atoms with van der Waals surface area (Å²) in [7, 11) is 0. The van der Waals surface area contributed by atoms with Gasteiger partial charge in [-0.3, -0.25) is 4.98 Å². The van der Waals surface area contributed by atoms with E-state index in [0.29, 0.717) is 13.2 Å². The van der Waals surface area contributed by atoms with Crippen molar-refractivity contribution in [3.63, 3.8) is 0 Å². The van der Waals surface area contributed by atoms with E-state index in [4.69, 9.17) is 4.74 Å². The molecule has 0 atom stereocenters. The first-order valence-corrected chi connectivity index (χ1v) is 6.64. The molecule has 0 bridgehead atoms. The van der Waals surface area contributed by atoms with Gasteiger partial charge in [-0.25, -0.2) is 0 Å². The van der Waals surface area contributed by atoms with Crippen LogP contribution in [0.2, 0.25) is 0 Å². The van der Waals surface area contributed by atoms with Crippen molar-refractivity contribution < 1.29 is 4.74 Å². The van der Waals surface area contributed by atoms with Crippen molar-refractivity contribution >= 4 is 21.6 Å². The standard InChI is InChI=1S/C14H15BrN2O/c1-2-18-14-7-5-12(6-8-14)17-10-13-4-3-11(15)9-16-13/h3-9,17H,2,10H2,1H3. The van der Waals surface area contributed by atoms with Gasteiger partial charge >= 0.3 is 0 Å². The Hall–Kier alpha value is -1.55. The summed E-state index contributed by atoms with van der Waals surface area (Å²) in [5.74, 6) is 0.893. The van der Waals surface area contributed by atoms with E-state index >= 15 is 0 Å². The predicted octanol–water partition coefficient (Wildman–Crippen LogP) is 3.85. The van der Waals surface area contributed by atoms with Crippen molar-refractivity contribution in [2.45, 2.75) is 13.5 Å². The Morgan fingerprint density at radius 3 is 2.56 bits per heavy atom. The Bertz CT molecular complexity index is 482. The van der Waals surface area contributed by atoms with Crippen LogP contribution >= 0.6 is 15.9 Å². The van der Waals surface area contributed by atoms with Crippen LogP contribution in [0.15, 0.2) is 47.1 Å². The molecule has 2 aromatic rings. The Morgan fingerprint density at radius 1 is 1.17 bits per heavy atom. The van der Waals surface area contributed by atoms with Crippen molar-refractivity contribution in [2.24, 2.45) is 0 Å². The fourth-order valence-electron chi connectivity index (χ4n) is 1.54. The van der Waals surface area contributed by atoms with Gasteiger partial charge in [-0.05, 0) is 59.3 Å². The van der Waals surface area contributed by atoms with Crippen LogP contribution in [0, 0.1) is 0 Å². The van der Waals surface area contributed by atoms with Crippen LogP contribution in [0.5, 0.6) is 5.75 Å². The number of nitrogens with zero attached hydrogens (tertiary/aromatic N) is 1. The second-order valence-corrected chi connectivity index (χ2v) is 4.69. The summed E-state index contributed by atoms with van der Waals surface area (Å²) < 4.78 is 6.38. The van der Waals surface area contributed by atoms with E-state index in [1.54, 1.807) is 6.20 Å². The van der Waals surface area contributed by atoms with Gasteiger partial charge in [0, 0.05) is 16.4 Å². The number of anilines is 1. The van der Waals surface area contributed by atoms with Crippen LogP contribution in [0.1, 0.15) is 12.6 Å². The van der Waals surface area contributed by atoms with Gasteiger partial charge in [-0.2, -0.15) is 0 Å². The molecule has 1 aromatic carbocycles. The third-order valence-corrected chi connectivity index (χ3v) is 2.90. The predicted molar refractivity (Wildman–Crippen MR) is 76.9 cm³/mol. The molecule has 0 amide bonds. The number of nitrogens with one attached hydrogen (secondary N) is 1. The molecule has 0 unspecified atom stereocenters. The average Bonchev–Trinajstić information content (AvgIpc) is 2.40. The van der Waals surface area contributed by atoms with Gasteiger partial charge < -0.3 is 10.1 Å². The fourth-order valence-corrected chi connectivity index (χ4v) is 1.77. The summed E-state index contributed by atoms with van der Waals surface area (Å²) in [4.78, 5) is 4.31. The molecule has 0 fully saturated rings. The van der Waals surface area contributed by atoms with Crippen LogP contribution in [-0.2, 0) is 6.54 Å². The highest BCUT2D eigenvalue weighted by Crippen LogP contribution is 2.16. The quantitative estimate of drug-likeness (QED) is 0.911. The first-order chi connectivity index (χ1) is 8.78. The van der Waals surface area contributed by atoms with Crippen molar-refractivity contribution in [3.8, 4) is 5.75 Å². The van der Waals surface area contributed by atoms with Gasteiger partial charge in [0.05, 0.1) is 18.8 Å². The highest BCUT2D eigenvalue weighted by atomic mass is 79.9. The van der Waals surface area contributed by atoms with Gasteiger partial charge in [-0.15, -0.1) is 0 Å². The van der Waals surface area contributed by atoms with Crippen molar-refractivity contribution in [3.05, 3.63) is 52.8 Å². The first-order valence-electron chi connectivity index (χ1n) is 5.85. The zero-order valence-corrected chi connectivity index (χ0v) is 11.8. The lowest BCUT2D eigenvalue weighted by molar-refractivity contribution is 0.340. The molecule has 0 aliphatic carbocycles. The van der Waals surface area contributed by atoms with Gasteiger partial charge in [0.25, 0.3) is 0 Å². The van der Waals surface area contributed by atoms with Gasteiger partial charge in [-0.1, -0.05) is 0 Å². The molecule has 0 spiro atoms. The van der Waals surface area contributed by atoms with Crippen LogP contribution in [0.4, 0.5) is 5.69 Å². The molecule has 4 heteroatoms. The number of pyridine rings is 1. The van der Waals surface area contributed by atoms with Crippen molar-refractivity contribution in [1.29, 1.82) is 0 Å². The molecule has 0 aliphatic heterocycles. The van der Waals surface area contributed by atoms with E-state index in [9.17, 15) is 0 Å². The SMILES string of the molecule is CCOc1ccc(NCc2ccc(Br)cn2)cc1. The van der Waals surface area contributed by atoms with E-state index < -0.39 is 0 Å². The summed E-state index contributed by atoms with van der Waals surface area (Å²) in [6.45, 7) is 3.38. The Balaban J connectivity index is 1.91. The normalized spacial score (nSPS) is 10.1. The second kappa shape index (κ2) is 6.40. The zero-order chi connectivity index (χ0) is 12.8. The summed E-state index contributed by atoms with van der Waals surface area (Å²) in [6.07, 6.45) is 1.80. The van der Waals surface area contributed by atoms with Crippen LogP contribution < -0.4 is 10.1 Å². The van der Waals surface area contributed by atoms with Crippen molar-refractivity contribution in [2.75, 3.05) is 11.9 Å². The third-order valence-electron chi connectivity index (χ3n) is 2.43. The number of rotatable bonds is 5. The molecule has 0 radical (unpaired) electrons. The van der Waals surface area contributed by atoms with Gasteiger partial charge in [0.15, 0.2) is 0 Å². The second-order valence-electron chi connectivity index (χ2n) is 3.78. The summed E-state index contributed by atoms with van der Waals surface area (Å²) in [5.41, 5.74) is 2.07. The minimum atomic E-state index is 0.690. The lowest BCUT2D eigenvalue weighted by atomic mass is 10.3. The minimum absolute atomic E-state index is 0.690. The molecule has 0 aliphatic rings. The Kier molecular flexibility index (Phi) is 4.59. The number of hydrogen-bond acceptors (Lipinski definition) is 3. The van der Waals surface area contributed by atoms with E-state index in [1.165, 1.54) is 0 Å². The van der Waals surface area contributed by atoms with Crippen LogP contribution in [0.3, 0.4) is 0 Å². The summed E-state index contributed by atoms with van der Waals surface area (Å²) >= 11 is 3.37. The minimum Gasteiger partial charge on any atom is -0.494 e. The molecule has 3 nitrogen and oxygen atoms in total. The highest BCUT2D eigenvalue weighted by molar-refractivity contribution is 9.10. The smallest absolute Gasteiger partial charge is 0.119 e. The number of halogens is 1. The van der Waals surface area contributed by atoms with E-state index in [-0.39, 0.29) is 0 Å². The summed E-state index contributed by atoms with van der Waals surface area (Å²) in [6, 6.07) is 11.9. The topological polar surface area (TPSA) is 34.1 Å². The van der Waals surface area contributed by atoms with Crippen LogP contribution in [-0.4, -0.2) is 11.6 Å².